The Labute approximate surface area is 92.0 Å². The van der Waals surface area contributed by atoms with Crippen LogP contribution in [0.2, 0.25) is 0 Å². The molecule has 0 aliphatic heterocycles. The molecule has 4 nitrogen and oxygen atoms in total. The van der Waals surface area contributed by atoms with Crippen molar-refractivity contribution in [2.75, 3.05) is 0 Å². The number of rotatable bonds is 1. The number of aromatic nitrogens is 1. The topological polar surface area (TPSA) is 66.0 Å². The maximum absolute atomic E-state index is 11.8. The van der Waals surface area contributed by atoms with Crippen LogP contribution in [0.5, 0.6) is 5.75 Å². The quantitative estimate of drug-likeness (QED) is 0.784. The first kappa shape index (κ1) is 10.2. The van der Waals surface area contributed by atoms with Gasteiger partial charge in [0.25, 0.3) is 5.56 Å². The number of aromatic hydroxyl groups is 1. The van der Waals surface area contributed by atoms with E-state index >= 15 is 0 Å². The van der Waals surface area contributed by atoms with E-state index in [4.69, 9.17) is 5.26 Å². The van der Waals surface area contributed by atoms with Crippen LogP contribution in [0.1, 0.15) is 12.5 Å². The lowest BCUT2D eigenvalue weighted by atomic mass is 10.1. The molecule has 16 heavy (non-hydrogen) atoms. The molecule has 0 saturated heterocycles. The summed E-state index contributed by atoms with van der Waals surface area (Å²) in [4.78, 5) is 11.8. The summed E-state index contributed by atoms with van der Waals surface area (Å²) in [5.41, 5.74) is 0.00764. The summed E-state index contributed by atoms with van der Waals surface area (Å²) in [5, 5.41) is 19.2. The predicted molar refractivity (Wildman–Crippen MR) is 60.3 cm³/mol. The number of fused-ring (bicyclic) bond motifs is 1. The highest BCUT2D eigenvalue weighted by atomic mass is 16.3. The van der Waals surface area contributed by atoms with E-state index in [1.54, 1.807) is 30.3 Å². The Hall–Kier alpha value is -2.28. The molecule has 2 rings (SSSR count). The molecule has 0 fully saturated rings. The number of para-hydroxylation sites is 1. The normalized spacial score (nSPS) is 10.2. The number of hydrogen-bond donors (Lipinski definition) is 1. The molecule has 0 atom stereocenters. The summed E-state index contributed by atoms with van der Waals surface area (Å²) in [6.45, 7) is 2.29. The molecule has 2 aromatic rings. The van der Waals surface area contributed by atoms with Gasteiger partial charge in [0.15, 0.2) is 5.56 Å². The Morgan fingerprint density at radius 2 is 2.12 bits per heavy atom. The zero-order valence-corrected chi connectivity index (χ0v) is 8.77. The zero-order chi connectivity index (χ0) is 11.7. The molecule has 0 aliphatic rings. The van der Waals surface area contributed by atoms with Crippen LogP contribution in [0.4, 0.5) is 0 Å². The van der Waals surface area contributed by atoms with Crippen molar-refractivity contribution in [3.8, 4) is 11.8 Å². The van der Waals surface area contributed by atoms with Crippen molar-refractivity contribution in [2.24, 2.45) is 0 Å². The van der Waals surface area contributed by atoms with Gasteiger partial charge in [-0.15, -0.1) is 0 Å². The average molecular weight is 214 g/mol. The Morgan fingerprint density at radius 1 is 1.44 bits per heavy atom. The zero-order valence-electron chi connectivity index (χ0n) is 8.77. The van der Waals surface area contributed by atoms with E-state index in [0.717, 1.165) is 0 Å². The van der Waals surface area contributed by atoms with Crippen molar-refractivity contribution in [2.45, 2.75) is 13.5 Å². The van der Waals surface area contributed by atoms with Crippen molar-refractivity contribution in [1.82, 2.24) is 4.57 Å². The van der Waals surface area contributed by atoms with E-state index in [2.05, 4.69) is 0 Å². The van der Waals surface area contributed by atoms with Crippen LogP contribution in [-0.4, -0.2) is 9.67 Å². The molecule has 0 saturated carbocycles. The second-order valence-electron chi connectivity index (χ2n) is 3.40. The third-order valence-electron chi connectivity index (χ3n) is 2.57. The van der Waals surface area contributed by atoms with Gasteiger partial charge in [0.1, 0.15) is 11.8 Å². The van der Waals surface area contributed by atoms with Crippen LogP contribution < -0.4 is 5.56 Å². The molecule has 0 radical (unpaired) electrons. The van der Waals surface area contributed by atoms with Crippen molar-refractivity contribution in [1.29, 1.82) is 5.26 Å². The number of hydrogen-bond acceptors (Lipinski definition) is 3. The average Bonchev–Trinajstić information content (AvgIpc) is 2.30. The second kappa shape index (κ2) is 3.70. The molecule has 1 aromatic heterocycles. The second-order valence-corrected chi connectivity index (χ2v) is 3.40. The molecule has 0 unspecified atom stereocenters. The minimum Gasteiger partial charge on any atom is -0.506 e. The van der Waals surface area contributed by atoms with Crippen molar-refractivity contribution in [3.63, 3.8) is 0 Å². The first-order valence-corrected chi connectivity index (χ1v) is 4.95. The van der Waals surface area contributed by atoms with Gasteiger partial charge in [-0.1, -0.05) is 12.1 Å². The van der Waals surface area contributed by atoms with Gasteiger partial charge >= 0.3 is 0 Å². The summed E-state index contributed by atoms with van der Waals surface area (Å²) < 4.78 is 1.48. The first-order chi connectivity index (χ1) is 7.70. The minimum absolute atomic E-state index is 0.194. The predicted octanol–water partition coefficient (Wildman–Crippen LogP) is 1.60. The van der Waals surface area contributed by atoms with E-state index in [1.807, 2.05) is 6.92 Å². The van der Waals surface area contributed by atoms with Crippen LogP contribution in [0.15, 0.2) is 29.1 Å². The molecule has 1 aromatic carbocycles. The molecule has 80 valence electrons. The fourth-order valence-corrected chi connectivity index (χ4v) is 1.80. The summed E-state index contributed by atoms with van der Waals surface area (Å²) in [6.07, 6.45) is 0. The van der Waals surface area contributed by atoms with Crippen LogP contribution >= 0.6 is 0 Å². The van der Waals surface area contributed by atoms with Gasteiger partial charge in [-0.2, -0.15) is 5.26 Å². The van der Waals surface area contributed by atoms with E-state index in [9.17, 15) is 9.90 Å². The fourth-order valence-electron chi connectivity index (χ4n) is 1.80. The van der Waals surface area contributed by atoms with Crippen LogP contribution in [0.25, 0.3) is 10.9 Å². The summed E-state index contributed by atoms with van der Waals surface area (Å²) in [6, 6.07) is 8.74. The van der Waals surface area contributed by atoms with Gasteiger partial charge < -0.3 is 9.67 Å². The van der Waals surface area contributed by atoms with E-state index in [-0.39, 0.29) is 11.3 Å². The SMILES string of the molecule is CCn1c(=O)c(C#N)c(O)c2ccccc21. The summed E-state index contributed by atoms with van der Waals surface area (Å²) in [5.74, 6) is -0.229. The maximum atomic E-state index is 11.8. The summed E-state index contributed by atoms with van der Waals surface area (Å²) >= 11 is 0. The van der Waals surface area contributed by atoms with Gasteiger partial charge in [-0.05, 0) is 19.1 Å². The van der Waals surface area contributed by atoms with Gasteiger partial charge in [0.05, 0.1) is 5.52 Å². The van der Waals surface area contributed by atoms with E-state index in [0.29, 0.717) is 17.4 Å². The highest BCUT2D eigenvalue weighted by Crippen LogP contribution is 2.25. The molecule has 0 aliphatic carbocycles. The largest absolute Gasteiger partial charge is 0.506 e. The van der Waals surface area contributed by atoms with Crippen molar-refractivity contribution >= 4 is 10.9 Å². The molecular weight excluding hydrogens is 204 g/mol. The highest BCUT2D eigenvalue weighted by molar-refractivity contribution is 5.87. The van der Waals surface area contributed by atoms with Crippen LogP contribution in [0.3, 0.4) is 0 Å². The van der Waals surface area contributed by atoms with Crippen molar-refractivity contribution in [3.05, 3.63) is 40.2 Å². The molecule has 0 bridgehead atoms. The van der Waals surface area contributed by atoms with Crippen molar-refractivity contribution < 1.29 is 5.11 Å². The third kappa shape index (κ3) is 1.26. The lowest BCUT2D eigenvalue weighted by Gasteiger charge is -2.09. The number of benzene rings is 1. The Morgan fingerprint density at radius 3 is 2.75 bits per heavy atom. The highest BCUT2D eigenvalue weighted by Gasteiger charge is 2.14. The smallest absolute Gasteiger partial charge is 0.272 e. The molecule has 0 spiro atoms. The van der Waals surface area contributed by atoms with Crippen LogP contribution in [-0.2, 0) is 6.54 Å². The fraction of sp³-hybridized carbons (Fsp3) is 0.167. The van der Waals surface area contributed by atoms with E-state index in [1.165, 1.54) is 4.57 Å². The molecular formula is C12H10N2O2. The minimum atomic E-state index is -0.443. The molecule has 4 heteroatoms. The number of pyridine rings is 1. The van der Waals surface area contributed by atoms with Gasteiger partial charge in [-0.3, -0.25) is 4.79 Å². The third-order valence-corrected chi connectivity index (χ3v) is 2.57. The molecule has 1 N–H and O–H groups in total. The maximum Gasteiger partial charge on any atom is 0.272 e. The lowest BCUT2D eigenvalue weighted by Crippen LogP contribution is -2.22. The molecule has 1 heterocycles. The first-order valence-electron chi connectivity index (χ1n) is 4.95. The number of nitrogens with zero attached hydrogens (tertiary/aromatic N) is 2. The van der Waals surface area contributed by atoms with E-state index < -0.39 is 5.56 Å². The number of nitriles is 1. The monoisotopic (exact) mass is 214 g/mol. The molecule has 0 amide bonds. The Balaban J connectivity index is 3.08. The van der Waals surface area contributed by atoms with Crippen LogP contribution in [0, 0.1) is 11.3 Å². The van der Waals surface area contributed by atoms with Gasteiger partial charge in [-0.25, -0.2) is 0 Å². The Bertz CT molecular complexity index is 650. The summed E-state index contributed by atoms with van der Waals surface area (Å²) in [7, 11) is 0. The van der Waals surface area contributed by atoms with Gasteiger partial charge in [0.2, 0.25) is 0 Å². The standard InChI is InChI=1S/C12H10N2O2/c1-2-14-10-6-4-3-5-8(10)11(15)9(7-13)12(14)16/h3-6,15H,2H2,1H3. The Kier molecular flexibility index (Phi) is 2.37. The van der Waals surface area contributed by atoms with Gasteiger partial charge in [0, 0.05) is 11.9 Å². The number of aryl methyl sites for hydroxylation is 1. The lowest BCUT2D eigenvalue weighted by molar-refractivity contribution is 0.477.